The van der Waals surface area contributed by atoms with Crippen molar-refractivity contribution in [1.82, 2.24) is 0 Å². The summed E-state index contributed by atoms with van der Waals surface area (Å²) >= 11 is 1.94. The number of hydrogen-bond acceptors (Lipinski definition) is 1. The third kappa shape index (κ3) is 6.42. The summed E-state index contributed by atoms with van der Waals surface area (Å²) in [6.07, 6.45) is 0. The molecular weight excluding hydrogens is 933 g/mol. The van der Waals surface area contributed by atoms with E-state index in [9.17, 15) is 0 Å². The van der Waals surface area contributed by atoms with Gasteiger partial charge in [0.25, 0.3) is 0 Å². The molecule has 10 aromatic carbocycles. The van der Waals surface area contributed by atoms with Crippen LogP contribution in [0, 0.1) is 13.8 Å². The van der Waals surface area contributed by atoms with Crippen LogP contribution in [0.2, 0.25) is 0 Å². The van der Waals surface area contributed by atoms with Crippen LogP contribution in [0.25, 0.3) is 108 Å². The van der Waals surface area contributed by atoms with Gasteiger partial charge in [-0.15, -0.1) is 11.3 Å². The summed E-state index contributed by atoms with van der Waals surface area (Å²) in [4.78, 5) is 0. The van der Waals surface area contributed by atoms with Crippen molar-refractivity contribution in [2.45, 2.75) is 124 Å². The van der Waals surface area contributed by atoms with Crippen LogP contribution in [0.1, 0.15) is 139 Å². The molecule has 76 heavy (non-hydrogen) atoms. The molecule has 14 rings (SSSR count). The smallest absolute Gasteiger partial charge is 0.0392 e. The van der Waals surface area contributed by atoms with Crippen molar-refractivity contribution in [3.8, 4) is 66.8 Å². The molecule has 0 radical (unpaired) electrons. The Hall–Kier alpha value is -7.06. The lowest BCUT2D eigenvalue weighted by Crippen LogP contribution is -2.17. The van der Waals surface area contributed by atoms with Gasteiger partial charge in [-0.3, -0.25) is 0 Å². The first kappa shape index (κ1) is 47.4. The van der Waals surface area contributed by atoms with E-state index in [2.05, 4.69) is 255 Å². The van der Waals surface area contributed by atoms with Crippen LogP contribution in [0.5, 0.6) is 0 Å². The molecule has 374 valence electrons. The summed E-state index contributed by atoms with van der Waals surface area (Å²) in [7, 11) is 0. The summed E-state index contributed by atoms with van der Waals surface area (Å²) in [5.41, 5.74) is 29.8. The van der Waals surface area contributed by atoms with Gasteiger partial charge in [0.2, 0.25) is 0 Å². The van der Waals surface area contributed by atoms with Crippen LogP contribution in [-0.4, -0.2) is 0 Å². The lowest BCUT2D eigenvalue weighted by Gasteiger charge is -2.25. The van der Waals surface area contributed by atoms with E-state index in [-0.39, 0.29) is 27.1 Å². The molecule has 1 aromatic heterocycles. The van der Waals surface area contributed by atoms with Crippen molar-refractivity contribution in [2.75, 3.05) is 0 Å². The number of fused-ring (bicyclic) bond motifs is 16. The van der Waals surface area contributed by atoms with Gasteiger partial charge in [-0.2, -0.15) is 0 Å². The normalized spacial score (nSPS) is 15.6. The summed E-state index contributed by atoms with van der Waals surface area (Å²) in [5.74, 6) is 0. The molecule has 1 heterocycles. The molecule has 1 heteroatoms. The molecule has 0 fully saturated rings. The molecule has 0 aliphatic heterocycles. The van der Waals surface area contributed by atoms with Crippen molar-refractivity contribution < 1.29 is 0 Å². The molecule has 0 unspecified atom stereocenters. The Labute approximate surface area is 454 Å². The number of hydrogen-bond donors (Lipinski definition) is 0. The first-order valence-corrected chi connectivity index (χ1v) is 28.6. The molecule has 0 N–H and O–H groups in total. The molecule has 0 bridgehead atoms. The van der Waals surface area contributed by atoms with Gasteiger partial charge in [-0.05, 0) is 223 Å². The van der Waals surface area contributed by atoms with Crippen molar-refractivity contribution >= 4 is 53.1 Å². The number of thiophene rings is 1. The first-order chi connectivity index (χ1) is 36.0. The number of benzene rings is 10. The minimum atomic E-state index is -0.217. The summed E-state index contributed by atoms with van der Waals surface area (Å²) in [6.45, 7) is 33.4. The second-order valence-electron chi connectivity index (χ2n) is 26.5. The average molecular weight is 1000 g/mol. The Bertz CT molecular complexity index is 4390. The Balaban J connectivity index is 0.900. The van der Waals surface area contributed by atoms with Gasteiger partial charge < -0.3 is 0 Å². The highest BCUT2D eigenvalue weighted by Gasteiger charge is 2.46. The van der Waals surface area contributed by atoms with E-state index < -0.39 is 0 Å². The maximum absolute atomic E-state index is 2.62. The van der Waals surface area contributed by atoms with Gasteiger partial charge in [-0.25, -0.2) is 0 Å². The maximum atomic E-state index is 2.62. The molecule has 3 aliphatic carbocycles. The fraction of sp³-hybridized carbons (Fsp3) is 0.253. The minimum absolute atomic E-state index is 0.0669. The van der Waals surface area contributed by atoms with Gasteiger partial charge in [0.1, 0.15) is 0 Å². The topological polar surface area (TPSA) is 0 Å². The van der Waals surface area contributed by atoms with E-state index in [1.807, 2.05) is 11.3 Å². The van der Waals surface area contributed by atoms with E-state index >= 15 is 0 Å². The van der Waals surface area contributed by atoms with Crippen LogP contribution in [0.3, 0.4) is 0 Å². The van der Waals surface area contributed by atoms with Crippen molar-refractivity contribution in [1.29, 1.82) is 0 Å². The van der Waals surface area contributed by atoms with Gasteiger partial charge >= 0.3 is 0 Å². The highest BCUT2D eigenvalue weighted by molar-refractivity contribution is 7.26. The summed E-state index contributed by atoms with van der Waals surface area (Å²) in [5, 5.41) is 8.03. The second kappa shape index (κ2) is 15.5. The lowest BCUT2D eigenvalue weighted by molar-refractivity contribution is 0.586. The third-order valence-electron chi connectivity index (χ3n) is 18.9. The third-order valence-corrected chi connectivity index (χ3v) is 20.1. The van der Waals surface area contributed by atoms with Gasteiger partial charge in [0, 0.05) is 36.4 Å². The fourth-order valence-corrected chi connectivity index (χ4v) is 16.1. The average Bonchev–Trinajstić information content (AvgIpc) is 4.14. The molecule has 11 aromatic rings. The second-order valence-corrected chi connectivity index (χ2v) is 27.6. The first-order valence-electron chi connectivity index (χ1n) is 27.7. The molecule has 0 nitrogen and oxygen atoms in total. The molecule has 0 saturated carbocycles. The van der Waals surface area contributed by atoms with Crippen LogP contribution in [0.4, 0.5) is 0 Å². The predicted octanol–water partition coefficient (Wildman–Crippen LogP) is 21.5. The van der Waals surface area contributed by atoms with E-state index in [4.69, 9.17) is 0 Å². The SMILES string of the molecule is Cc1ccc(-c2cc3c(c4ccccc24)-c2cc4c(cc2C3(C)C)-c2cc3c(cc2C4(C)C)-c2c(cc(-c4ccc5sc6c(C(C)(C)C)cccc6c5c4)c4ccccc24)C3(C)C)cc1-c1cccc(C(C)(C)C)c1C. The maximum Gasteiger partial charge on any atom is 0.0392 e. The molecule has 0 spiro atoms. The molecule has 0 saturated heterocycles. The lowest BCUT2D eigenvalue weighted by atomic mass is 9.78. The Kier molecular flexibility index (Phi) is 9.69. The van der Waals surface area contributed by atoms with Gasteiger partial charge in [0.05, 0.1) is 0 Å². The number of rotatable bonds is 3. The van der Waals surface area contributed by atoms with Crippen LogP contribution in [-0.2, 0) is 27.1 Å². The monoisotopic (exact) mass is 1000 g/mol. The van der Waals surface area contributed by atoms with E-state index in [0.29, 0.717) is 0 Å². The predicted molar refractivity (Wildman–Crippen MR) is 330 cm³/mol. The van der Waals surface area contributed by atoms with Crippen LogP contribution in [0.15, 0.2) is 158 Å². The Morgan fingerprint density at radius 2 is 0.763 bits per heavy atom. The van der Waals surface area contributed by atoms with E-state index in [1.54, 1.807) is 0 Å². The molecular formula is C75H68S. The molecule has 3 aliphatic rings. The van der Waals surface area contributed by atoms with Crippen LogP contribution >= 0.6 is 11.3 Å². The minimum Gasteiger partial charge on any atom is -0.135 e. The van der Waals surface area contributed by atoms with E-state index in [0.717, 1.165) is 0 Å². The van der Waals surface area contributed by atoms with E-state index in [1.165, 1.54) is 164 Å². The van der Waals surface area contributed by atoms with Crippen molar-refractivity contribution in [3.05, 3.63) is 213 Å². The molecule has 0 amide bonds. The Morgan fingerprint density at radius 1 is 0.329 bits per heavy atom. The fourth-order valence-electron chi connectivity index (χ4n) is 14.7. The summed E-state index contributed by atoms with van der Waals surface area (Å²) < 4.78 is 2.77. The quantitative estimate of drug-likeness (QED) is 0.165. The Morgan fingerprint density at radius 3 is 1.32 bits per heavy atom. The van der Waals surface area contributed by atoms with Gasteiger partial charge in [-0.1, -0.05) is 186 Å². The zero-order valence-corrected chi connectivity index (χ0v) is 47.7. The summed E-state index contributed by atoms with van der Waals surface area (Å²) in [6, 6.07) is 62.2. The largest absolute Gasteiger partial charge is 0.135 e. The zero-order chi connectivity index (χ0) is 52.9. The number of aryl methyl sites for hydroxylation is 1. The highest BCUT2D eigenvalue weighted by atomic mass is 32.1. The highest BCUT2D eigenvalue weighted by Crippen LogP contribution is 2.62. The van der Waals surface area contributed by atoms with Crippen molar-refractivity contribution in [3.63, 3.8) is 0 Å². The molecule has 0 atom stereocenters. The van der Waals surface area contributed by atoms with Crippen molar-refractivity contribution in [2.24, 2.45) is 0 Å². The standard InChI is InChI=1S/C75H68S/c1-41-29-30-43(33-51(41)45-25-19-27-59(42(45)2)71(3,4)5)52-35-65-68(48-23-17-15-21-46(48)52)57-39-61-54(37-63(57)74(65,11)12)55-38-64-58(40-62(55)73(61,9)10)69-49-24-18-16-22-47(49)53(36-66(69)75(64,13)14)44-31-32-67-56(34-44)50-26-20-28-60(70(50)76-67)72(6,7)8/h15-40H,1-14H3. The van der Waals surface area contributed by atoms with Crippen LogP contribution < -0.4 is 0 Å². The van der Waals surface area contributed by atoms with Gasteiger partial charge in [0.15, 0.2) is 0 Å². The zero-order valence-electron chi connectivity index (χ0n) is 46.9.